The standard InChI is InChI=1S/C23H21N3O2/c1-15-7-10-17(11-8-15)22-19(21-12-9-16(2)14-26(21)25-22)13-18-5-4-6-20(24-18)23(27)28-3/h4-12,14H,13H2,1-3H3. The van der Waals surface area contributed by atoms with Crippen LogP contribution in [0.25, 0.3) is 16.8 Å². The molecule has 0 saturated heterocycles. The van der Waals surface area contributed by atoms with Gasteiger partial charge in [-0.15, -0.1) is 0 Å². The van der Waals surface area contributed by atoms with E-state index in [1.165, 1.54) is 12.7 Å². The molecule has 0 spiro atoms. The second-order valence-corrected chi connectivity index (χ2v) is 6.91. The molecule has 0 bridgehead atoms. The van der Waals surface area contributed by atoms with Crippen molar-refractivity contribution >= 4 is 11.5 Å². The van der Waals surface area contributed by atoms with Gasteiger partial charge in [0.15, 0.2) is 0 Å². The molecule has 1 aromatic carbocycles. The predicted molar refractivity (Wildman–Crippen MR) is 108 cm³/mol. The molecule has 0 amide bonds. The first-order chi connectivity index (χ1) is 13.5. The van der Waals surface area contributed by atoms with Crippen molar-refractivity contribution in [3.05, 3.63) is 88.9 Å². The molecule has 5 heteroatoms. The van der Waals surface area contributed by atoms with Gasteiger partial charge >= 0.3 is 5.97 Å². The topological polar surface area (TPSA) is 56.5 Å². The highest BCUT2D eigenvalue weighted by Crippen LogP contribution is 2.28. The first-order valence-electron chi connectivity index (χ1n) is 9.14. The van der Waals surface area contributed by atoms with Gasteiger partial charge in [-0.1, -0.05) is 42.0 Å². The van der Waals surface area contributed by atoms with Crippen LogP contribution < -0.4 is 0 Å². The Morgan fingerprint density at radius 3 is 2.50 bits per heavy atom. The summed E-state index contributed by atoms with van der Waals surface area (Å²) in [5.74, 6) is -0.434. The van der Waals surface area contributed by atoms with E-state index in [4.69, 9.17) is 9.84 Å². The molecule has 0 fully saturated rings. The molecule has 0 saturated carbocycles. The van der Waals surface area contributed by atoms with Crippen LogP contribution in [-0.2, 0) is 11.2 Å². The van der Waals surface area contributed by atoms with Crippen LogP contribution in [0.2, 0.25) is 0 Å². The van der Waals surface area contributed by atoms with Crippen molar-refractivity contribution < 1.29 is 9.53 Å². The van der Waals surface area contributed by atoms with Crippen molar-refractivity contribution in [1.29, 1.82) is 0 Å². The molecule has 140 valence electrons. The fourth-order valence-electron chi connectivity index (χ4n) is 3.30. The van der Waals surface area contributed by atoms with Gasteiger partial charge in [0.25, 0.3) is 0 Å². The van der Waals surface area contributed by atoms with Gasteiger partial charge in [-0.25, -0.2) is 14.3 Å². The number of ether oxygens (including phenoxy) is 1. The van der Waals surface area contributed by atoms with Crippen molar-refractivity contribution in [3.63, 3.8) is 0 Å². The zero-order chi connectivity index (χ0) is 19.7. The van der Waals surface area contributed by atoms with E-state index in [9.17, 15) is 4.79 Å². The minimum absolute atomic E-state index is 0.309. The summed E-state index contributed by atoms with van der Waals surface area (Å²) in [6.45, 7) is 4.12. The Morgan fingerprint density at radius 1 is 1.00 bits per heavy atom. The minimum Gasteiger partial charge on any atom is -0.464 e. The van der Waals surface area contributed by atoms with E-state index in [0.29, 0.717) is 12.1 Å². The average molecular weight is 371 g/mol. The number of carbonyl (C=O) groups excluding carboxylic acids is 1. The van der Waals surface area contributed by atoms with E-state index < -0.39 is 5.97 Å². The van der Waals surface area contributed by atoms with Crippen LogP contribution >= 0.6 is 0 Å². The third-order valence-corrected chi connectivity index (χ3v) is 4.76. The van der Waals surface area contributed by atoms with E-state index in [-0.39, 0.29) is 0 Å². The van der Waals surface area contributed by atoms with Crippen LogP contribution in [0, 0.1) is 13.8 Å². The van der Waals surface area contributed by atoms with Crippen LogP contribution in [0.1, 0.15) is 32.9 Å². The third kappa shape index (κ3) is 3.39. The van der Waals surface area contributed by atoms with E-state index in [0.717, 1.165) is 33.6 Å². The Hall–Kier alpha value is -3.47. The summed E-state index contributed by atoms with van der Waals surface area (Å²) in [5.41, 5.74) is 7.56. The number of benzene rings is 1. The summed E-state index contributed by atoms with van der Waals surface area (Å²) in [7, 11) is 1.36. The van der Waals surface area contributed by atoms with Gasteiger partial charge in [-0.3, -0.25) is 0 Å². The normalized spacial score (nSPS) is 11.0. The highest BCUT2D eigenvalue weighted by molar-refractivity contribution is 5.87. The summed E-state index contributed by atoms with van der Waals surface area (Å²) >= 11 is 0. The number of nitrogens with zero attached hydrogens (tertiary/aromatic N) is 3. The Morgan fingerprint density at radius 2 is 1.75 bits per heavy atom. The molecule has 0 aliphatic rings. The second kappa shape index (κ2) is 7.27. The number of aryl methyl sites for hydroxylation is 2. The van der Waals surface area contributed by atoms with E-state index >= 15 is 0 Å². The monoisotopic (exact) mass is 371 g/mol. The first-order valence-corrected chi connectivity index (χ1v) is 9.14. The minimum atomic E-state index is -0.434. The summed E-state index contributed by atoms with van der Waals surface area (Å²) in [6, 6.07) is 17.9. The molecule has 5 nitrogen and oxygen atoms in total. The number of methoxy groups -OCH3 is 1. The lowest BCUT2D eigenvalue weighted by atomic mass is 10.0. The molecule has 0 atom stereocenters. The Bertz CT molecular complexity index is 1160. The maximum Gasteiger partial charge on any atom is 0.356 e. The fraction of sp³-hybridized carbons (Fsp3) is 0.174. The Balaban J connectivity index is 1.84. The smallest absolute Gasteiger partial charge is 0.356 e. The molecule has 4 rings (SSSR count). The van der Waals surface area contributed by atoms with Gasteiger partial charge in [0.05, 0.1) is 18.3 Å². The Labute approximate surface area is 163 Å². The zero-order valence-electron chi connectivity index (χ0n) is 16.1. The van der Waals surface area contributed by atoms with E-state index in [1.54, 1.807) is 6.07 Å². The van der Waals surface area contributed by atoms with Gasteiger partial charge in [0.2, 0.25) is 0 Å². The number of pyridine rings is 2. The van der Waals surface area contributed by atoms with Crippen molar-refractivity contribution in [2.24, 2.45) is 0 Å². The molecule has 0 radical (unpaired) electrons. The van der Waals surface area contributed by atoms with Crippen molar-refractivity contribution in [2.45, 2.75) is 20.3 Å². The largest absolute Gasteiger partial charge is 0.464 e. The zero-order valence-corrected chi connectivity index (χ0v) is 16.1. The molecule has 0 aliphatic heterocycles. The lowest BCUT2D eigenvalue weighted by Gasteiger charge is -2.06. The maximum atomic E-state index is 11.8. The van der Waals surface area contributed by atoms with E-state index in [1.807, 2.05) is 29.8 Å². The van der Waals surface area contributed by atoms with Crippen LogP contribution in [0.5, 0.6) is 0 Å². The fourth-order valence-corrected chi connectivity index (χ4v) is 3.30. The average Bonchev–Trinajstić information content (AvgIpc) is 3.05. The van der Waals surface area contributed by atoms with Gasteiger partial charge in [0.1, 0.15) is 5.69 Å². The predicted octanol–water partition coefficient (Wildman–Crippen LogP) is 4.39. The number of carbonyl (C=O) groups is 1. The van der Waals surface area contributed by atoms with Crippen LogP contribution in [0.4, 0.5) is 0 Å². The third-order valence-electron chi connectivity index (χ3n) is 4.76. The van der Waals surface area contributed by atoms with Gasteiger partial charge in [-0.05, 0) is 37.6 Å². The molecule has 28 heavy (non-hydrogen) atoms. The second-order valence-electron chi connectivity index (χ2n) is 6.91. The lowest BCUT2D eigenvalue weighted by molar-refractivity contribution is 0.0593. The number of fused-ring (bicyclic) bond motifs is 1. The molecule has 0 unspecified atom stereocenters. The molecule has 3 heterocycles. The summed E-state index contributed by atoms with van der Waals surface area (Å²) in [5, 5.41) is 4.84. The summed E-state index contributed by atoms with van der Waals surface area (Å²) in [4.78, 5) is 16.3. The van der Waals surface area contributed by atoms with Gasteiger partial charge in [0, 0.05) is 29.4 Å². The van der Waals surface area contributed by atoms with Crippen molar-refractivity contribution in [2.75, 3.05) is 7.11 Å². The number of aromatic nitrogens is 3. The van der Waals surface area contributed by atoms with Crippen molar-refractivity contribution in [3.8, 4) is 11.3 Å². The SMILES string of the molecule is COC(=O)c1cccc(Cc2c(-c3ccc(C)cc3)nn3cc(C)ccc23)n1. The highest BCUT2D eigenvalue weighted by atomic mass is 16.5. The molecular weight excluding hydrogens is 350 g/mol. The number of rotatable bonds is 4. The molecule has 3 aromatic heterocycles. The highest BCUT2D eigenvalue weighted by Gasteiger charge is 2.17. The quantitative estimate of drug-likeness (QED) is 0.499. The van der Waals surface area contributed by atoms with Crippen molar-refractivity contribution in [1.82, 2.24) is 14.6 Å². The van der Waals surface area contributed by atoms with Crippen LogP contribution in [0.15, 0.2) is 60.8 Å². The maximum absolute atomic E-state index is 11.8. The summed E-state index contributed by atoms with van der Waals surface area (Å²) < 4.78 is 6.72. The van der Waals surface area contributed by atoms with Gasteiger partial charge < -0.3 is 4.74 Å². The molecular formula is C23H21N3O2. The number of esters is 1. The molecule has 4 aromatic rings. The number of hydrogen-bond donors (Lipinski definition) is 0. The van der Waals surface area contributed by atoms with E-state index in [2.05, 4.69) is 48.3 Å². The van der Waals surface area contributed by atoms with Gasteiger partial charge in [-0.2, -0.15) is 5.10 Å². The molecule has 0 N–H and O–H groups in total. The first kappa shape index (κ1) is 17.9. The molecule has 0 aliphatic carbocycles. The van der Waals surface area contributed by atoms with Crippen LogP contribution in [0.3, 0.4) is 0 Å². The Kier molecular flexibility index (Phi) is 4.65. The lowest BCUT2D eigenvalue weighted by Crippen LogP contribution is -2.06. The van der Waals surface area contributed by atoms with Crippen LogP contribution in [-0.4, -0.2) is 27.7 Å². The number of hydrogen-bond acceptors (Lipinski definition) is 4. The summed E-state index contributed by atoms with van der Waals surface area (Å²) in [6.07, 6.45) is 2.59.